The molecule has 1 aromatic heterocycles. The highest BCUT2D eigenvalue weighted by Crippen LogP contribution is 2.08. The van der Waals surface area contributed by atoms with Gasteiger partial charge in [-0.05, 0) is 17.3 Å². The zero-order chi connectivity index (χ0) is 6.53. The molecule has 0 radical (unpaired) electrons. The Morgan fingerprint density at radius 2 is 2.67 bits per heavy atom. The highest BCUT2D eigenvalue weighted by Gasteiger charge is 1.92. The van der Waals surface area contributed by atoms with E-state index in [0.717, 1.165) is 17.2 Å². The second kappa shape index (κ2) is 3.85. The molecule has 50 valence electrons. The number of thioether (sulfide) groups is 1. The van der Waals surface area contributed by atoms with Crippen LogP contribution in [0.25, 0.3) is 0 Å². The fourth-order valence-corrected chi connectivity index (χ4v) is 1.56. The van der Waals surface area contributed by atoms with Crippen molar-refractivity contribution in [1.29, 1.82) is 0 Å². The lowest BCUT2D eigenvalue weighted by molar-refractivity contribution is 1.07. The minimum Gasteiger partial charge on any atom is -0.156 e. The first-order valence-corrected chi connectivity index (χ1v) is 4.76. The Morgan fingerprint density at radius 3 is 3.22 bits per heavy atom. The Morgan fingerprint density at radius 1 is 1.78 bits per heavy atom. The van der Waals surface area contributed by atoms with Gasteiger partial charge in [0.2, 0.25) is 0 Å². The highest BCUT2D eigenvalue weighted by molar-refractivity contribution is 7.98. The zero-order valence-electron chi connectivity index (χ0n) is 5.20. The molecule has 0 aliphatic carbocycles. The van der Waals surface area contributed by atoms with Gasteiger partial charge in [0.05, 0.1) is 5.69 Å². The van der Waals surface area contributed by atoms with Gasteiger partial charge < -0.3 is 0 Å². The molecule has 0 N–H and O–H groups in total. The average molecular weight is 160 g/mol. The van der Waals surface area contributed by atoms with Crippen LogP contribution in [0, 0.1) is 0 Å². The Balaban J connectivity index is 2.30. The van der Waals surface area contributed by atoms with Crippen molar-refractivity contribution >= 4 is 23.3 Å². The quantitative estimate of drug-likeness (QED) is 0.674. The maximum atomic E-state index is 3.90. The third-order valence-electron chi connectivity index (χ3n) is 0.859. The second-order valence-electron chi connectivity index (χ2n) is 1.53. The van der Waals surface area contributed by atoms with E-state index in [0.29, 0.717) is 0 Å². The Kier molecular flexibility index (Phi) is 3.00. The molecule has 1 heterocycles. The molecule has 9 heavy (non-hydrogen) atoms. The van der Waals surface area contributed by atoms with Gasteiger partial charge in [-0.1, -0.05) is 11.4 Å². The molecule has 1 aromatic rings. The van der Waals surface area contributed by atoms with E-state index in [9.17, 15) is 0 Å². The van der Waals surface area contributed by atoms with Crippen molar-refractivity contribution in [3.05, 3.63) is 11.1 Å². The summed E-state index contributed by atoms with van der Waals surface area (Å²) in [5.41, 5.74) is 1.10. The maximum Gasteiger partial charge on any atom is 0.0854 e. The van der Waals surface area contributed by atoms with Gasteiger partial charge in [-0.3, -0.25) is 0 Å². The van der Waals surface area contributed by atoms with Gasteiger partial charge in [0.15, 0.2) is 0 Å². The van der Waals surface area contributed by atoms with Crippen molar-refractivity contribution in [2.45, 2.75) is 12.7 Å². The number of nitrogens with zero attached hydrogens (tertiary/aromatic N) is 2. The van der Waals surface area contributed by atoms with Crippen molar-refractivity contribution in [1.82, 2.24) is 9.59 Å². The van der Waals surface area contributed by atoms with E-state index in [1.807, 2.05) is 17.1 Å². The van der Waals surface area contributed by atoms with Crippen LogP contribution in [0.3, 0.4) is 0 Å². The molecule has 0 saturated heterocycles. The van der Waals surface area contributed by atoms with Crippen LogP contribution in [0.5, 0.6) is 0 Å². The lowest BCUT2D eigenvalue weighted by atomic mass is 10.6. The van der Waals surface area contributed by atoms with Crippen LogP contribution in [0.2, 0.25) is 0 Å². The summed E-state index contributed by atoms with van der Waals surface area (Å²) in [4.78, 5) is 0. The van der Waals surface area contributed by atoms with E-state index in [-0.39, 0.29) is 0 Å². The number of aromatic nitrogens is 2. The third kappa shape index (κ3) is 2.32. The Hall–Kier alpha value is -0.0900. The first-order chi connectivity index (χ1) is 4.43. The summed E-state index contributed by atoms with van der Waals surface area (Å²) in [6.45, 7) is 2.14. The summed E-state index contributed by atoms with van der Waals surface area (Å²) in [6, 6.07) is 0. The van der Waals surface area contributed by atoms with Crippen molar-refractivity contribution in [2.24, 2.45) is 0 Å². The van der Waals surface area contributed by atoms with Gasteiger partial charge in [0.25, 0.3) is 0 Å². The van der Waals surface area contributed by atoms with E-state index in [4.69, 9.17) is 0 Å². The van der Waals surface area contributed by atoms with E-state index in [1.165, 1.54) is 11.5 Å². The monoisotopic (exact) mass is 160 g/mol. The molecule has 0 bridgehead atoms. The fraction of sp³-hybridized carbons (Fsp3) is 0.600. The van der Waals surface area contributed by atoms with Crippen molar-refractivity contribution in [3.8, 4) is 0 Å². The van der Waals surface area contributed by atoms with Crippen LogP contribution in [0.1, 0.15) is 12.6 Å². The number of rotatable bonds is 3. The van der Waals surface area contributed by atoms with Gasteiger partial charge >= 0.3 is 0 Å². The van der Waals surface area contributed by atoms with Crippen LogP contribution >= 0.6 is 23.3 Å². The summed E-state index contributed by atoms with van der Waals surface area (Å²) in [6.07, 6.45) is 0. The molecule has 2 nitrogen and oxygen atoms in total. The van der Waals surface area contributed by atoms with Gasteiger partial charge in [-0.25, -0.2) is 0 Å². The van der Waals surface area contributed by atoms with E-state index >= 15 is 0 Å². The first kappa shape index (κ1) is 7.02. The minimum absolute atomic E-state index is 1.01. The van der Waals surface area contributed by atoms with E-state index < -0.39 is 0 Å². The predicted molar refractivity (Wildman–Crippen MR) is 41.7 cm³/mol. The summed E-state index contributed by atoms with van der Waals surface area (Å²) in [5.74, 6) is 2.16. The standard InChI is InChI=1S/C5H8N2S2/c1-2-8-3-5-4-9-7-6-5/h4H,2-3H2,1H3. The molecular weight excluding hydrogens is 152 g/mol. The van der Waals surface area contributed by atoms with Crippen molar-refractivity contribution in [2.75, 3.05) is 5.75 Å². The van der Waals surface area contributed by atoms with Gasteiger partial charge in [-0.15, -0.1) is 5.10 Å². The fourth-order valence-electron chi connectivity index (χ4n) is 0.454. The topological polar surface area (TPSA) is 25.8 Å². The van der Waals surface area contributed by atoms with Crippen LogP contribution in [-0.2, 0) is 5.75 Å². The summed E-state index contributed by atoms with van der Waals surface area (Å²) in [5, 5.41) is 5.89. The first-order valence-electron chi connectivity index (χ1n) is 2.77. The summed E-state index contributed by atoms with van der Waals surface area (Å²) in [7, 11) is 0. The molecule has 0 spiro atoms. The Bertz CT molecular complexity index is 150. The lowest BCUT2D eigenvalue weighted by Gasteiger charge is -1.88. The lowest BCUT2D eigenvalue weighted by Crippen LogP contribution is -1.79. The van der Waals surface area contributed by atoms with Crippen LogP contribution in [0.4, 0.5) is 0 Å². The molecular formula is C5H8N2S2. The summed E-state index contributed by atoms with van der Waals surface area (Å²) < 4.78 is 3.75. The maximum absolute atomic E-state index is 3.90. The predicted octanol–water partition coefficient (Wildman–Crippen LogP) is 1.79. The SMILES string of the molecule is CCSCc1csnn1. The second-order valence-corrected chi connectivity index (χ2v) is 3.42. The molecule has 4 heteroatoms. The van der Waals surface area contributed by atoms with Crippen molar-refractivity contribution < 1.29 is 0 Å². The van der Waals surface area contributed by atoms with Gasteiger partial charge in [0, 0.05) is 11.1 Å². The molecule has 0 unspecified atom stereocenters. The smallest absolute Gasteiger partial charge is 0.0854 e. The normalized spacial score (nSPS) is 9.89. The molecule has 0 aromatic carbocycles. The van der Waals surface area contributed by atoms with Gasteiger partial charge in [0.1, 0.15) is 0 Å². The molecule has 0 amide bonds. The molecule has 0 aliphatic heterocycles. The zero-order valence-corrected chi connectivity index (χ0v) is 6.84. The molecule has 0 fully saturated rings. The van der Waals surface area contributed by atoms with E-state index in [1.54, 1.807) is 0 Å². The van der Waals surface area contributed by atoms with E-state index in [2.05, 4.69) is 16.5 Å². The summed E-state index contributed by atoms with van der Waals surface area (Å²) >= 11 is 3.29. The largest absolute Gasteiger partial charge is 0.156 e. The number of hydrogen-bond acceptors (Lipinski definition) is 4. The third-order valence-corrected chi connectivity index (χ3v) is 2.32. The molecule has 0 atom stereocenters. The average Bonchev–Trinajstić information content (AvgIpc) is 2.34. The van der Waals surface area contributed by atoms with Crippen LogP contribution < -0.4 is 0 Å². The van der Waals surface area contributed by atoms with Gasteiger partial charge in [-0.2, -0.15) is 11.8 Å². The molecule has 0 aliphatic rings. The number of hydrogen-bond donors (Lipinski definition) is 0. The molecule has 0 saturated carbocycles. The van der Waals surface area contributed by atoms with Crippen LogP contribution in [-0.4, -0.2) is 15.3 Å². The highest BCUT2D eigenvalue weighted by atomic mass is 32.2. The minimum atomic E-state index is 1.01. The van der Waals surface area contributed by atoms with Crippen LogP contribution in [0.15, 0.2) is 5.38 Å². The van der Waals surface area contributed by atoms with Crippen molar-refractivity contribution in [3.63, 3.8) is 0 Å². The molecule has 1 rings (SSSR count). The Labute approximate surface area is 62.8 Å².